The number of aryl methyl sites for hydroxylation is 1. The van der Waals surface area contributed by atoms with Gasteiger partial charge >= 0.3 is 0 Å². The van der Waals surface area contributed by atoms with Crippen LogP contribution in [-0.4, -0.2) is 41.4 Å². The Morgan fingerprint density at radius 1 is 1.12 bits per heavy atom. The molecule has 0 radical (unpaired) electrons. The molecule has 1 N–H and O–H groups in total. The van der Waals surface area contributed by atoms with E-state index < -0.39 is 15.1 Å². The Morgan fingerprint density at radius 2 is 1.78 bits per heavy atom. The fourth-order valence-corrected chi connectivity index (χ4v) is 5.17. The lowest BCUT2D eigenvalue weighted by molar-refractivity contribution is -0.115. The number of rotatable bonds is 9. The van der Waals surface area contributed by atoms with E-state index in [1.54, 1.807) is 67.3 Å². The van der Waals surface area contributed by atoms with E-state index in [2.05, 4.69) is 15.5 Å². The number of amides is 1. The van der Waals surface area contributed by atoms with Gasteiger partial charge in [-0.3, -0.25) is 4.79 Å². The maximum absolute atomic E-state index is 12.7. The Balaban J connectivity index is 1.70. The molecule has 0 aliphatic heterocycles. The van der Waals surface area contributed by atoms with E-state index >= 15 is 0 Å². The zero-order valence-electron chi connectivity index (χ0n) is 18.4. The van der Waals surface area contributed by atoms with Crippen LogP contribution in [-0.2, 0) is 27.4 Å². The second-order valence-electron chi connectivity index (χ2n) is 7.26. The molecule has 32 heavy (non-hydrogen) atoms. The van der Waals surface area contributed by atoms with Gasteiger partial charge in [-0.1, -0.05) is 36.4 Å². The number of ether oxygens (including phenoxy) is 1. The number of sulfone groups is 1. The molecule has 10 heteroatoms. The molecule has 0 aliphatic carbocycles. The summed E-state index contributed by atoms with van der Waals surface area (Å²) < 4.78 is 32.3. The minimum atomic E-state index is -3.56. The van der Waals surface area contributed by atoms with E-state index in [-0.39, 0.29) is 16.6 Å². The smallest absolute Gasteiger partial charge is 0.237 e. The Bertz CT molecular complexity index is 1170. The third kappa shape index (κ3) is 5.68. The van der Waals surface area contributed by atoms with Crippen molar-refractivity contribution in [3.05, 3.63) is 59.9 Å². The Hall–Kier alpha value is -2.85. The quantitative estimate of drug-likeness (QED) is 0.473. The first kappa shape index (κ1) is 23.8. The van der Waals surface area contributed by atoms with E-state index in [0.29, 0.717) is 28.8 Å². The monoisotopic (exact) mass is 474 g/mol. The lowest BCUT2D eigenvalue weighted by Gasteiger charge is -2.14. The number of benzene rings is 2. The summed E-state index contributed by atoms with van der Waals surface area (Å²) in [6, 6.07) is 13.8. The number of nitrogens with one attached hydrogen (secondary N) is 1. The summed E-state index contributed by atoms with van der Waals surface area (Å²) in [5.74, 6) is 0.587. The first-order valence-electron chi connectivity index (χ1n) is 10.0. The SMILES string of the molecule is CCC(Sc1nnc(CS(=O)(=O)c2ccc(C)cc2)n1C)C(=O)Nc1ccc(OC)cc1. The summed E-state index contributed by atoms with van der Waals surface area (Å²) in [5.41, 5.74) is 1.65. The van der Waals surface area contributed by atoms with Crippen LogP contribution < -0.4 is 10.1 Å². The standard InChI is InChI=1S/C22H26N4O4S2/c1-5-19(21(27)23-16-8-10-17(30-4)11-9-16)31-22-25-24-20(26(22)3)14-32(28,29)18-12-6-15(2)7-13-18/h6-13,19H,5,14H2,1-4H3,(H,23,27). The highest BCUT2D eigenvalue weighted by Gasteiger charge is 2.24. The third-order valence-corrected chi connectivity index (χ3v) is 7.92. The molecule has 1 amide bonds. The highest BCUT2D eigenvalue weighted by Crippen LogP contribution is 2.26. The van der Waals surface area contributed by atoms with Crippen LogP contribution in [0.5, 0.6) is 5.75 Å². The van der Waals surface area contributed by atoms with Gasteiger partial charge in [0.25, 0.3) is 0 Å². The number of hydrogen-bond donors (Lipinski definition) is 1. The van der Waals surface area contributed by atoms with Gasteiger partial charge in [0.05, 0.1) is 17.3 Å². The molecule has 3 aromatic rings. The molecule has 1 heterocycles. The molecule has 8 nitrogen and oxygen atoms in total. The second-order valence-corrected chi connectivity index (χ2v) is 10.4. The van der Waals surface area contributed by atoms with Crippen molar-refractivity contribution in [1.82, 2.24) is 14.8 Å². The van der Waals surface area contributed by atoms with Gasteiger partial charge in [0.2, 0.25) is 5.91 Å². The van der Waals surface area contributed by atoms with Crippen LogP contribution >= 0.6 is 11.8 Å². The highest BCUT2D eigenvalue weighted by atomic mass is 32.2. The first-order valence-corrected chi connectivity index (χ1v) is 12.6. The van der Waals surface area contributed by atoms with Crippen LogP contribution in [0, 0.1) is 6.92 Å². The van der Waals surface area contributed by atoms with Gasteiger partial charge in [0.15, 0.2) is 15.0 Å². The minimum Gasteiger partial charge on any atom is -0.497 e. The van der Waals surface area contributed by atoms with E-state index in [0.717, 1.165) is 5.56 Å². The number of nitrogens with zero attached hydrogens (tertiary/aromatic N) is 3. The summed E-state index contributed by atoms with van der Waals surface area (Å²) in [6.07, 6.45) is 0.566. The number of anilines is 1. The molecule has 0 saturated heterocycles. The number of carbonyl (C=O) groups excluding carboxylic acids is 1. The maximum Gasteiger partial charge on any atom is 0.237 e. The first-order chi connectivity index (χ1) is 15.2. The molecule has 0 spiro atoms. The molecular formula is C22H26N4O4S2. The number of methoxy groups -OCH3 is 1. The summed E-state index contributed by atoms with van der Waals surface area (Å²) in [6.45, 7) is 3.81. The zero-order valence-corrected chi connectivity index (χ0v) is 20.0. The van der Waals surface area contributed by atoms with Crippen molar-refractivity contribution in [2.75, 3.05) is 12.4 Å². The molecule has 1 atom stereocenters. The maximum atomic E-state index is 12.7. The van der Waals surface area contributed by atoms with Crippen molar-refractivity contribution < 1.29 is 17.9 Å². The molecule has 0 saturated carbocycles. The average Bonchev–Trinajstić information content (AvgIpc) is 3.11. The van der Waals surface area contributed by atoms with E-state index in [1.807, 2.05) is 13.8 Å². The lowest BCUT2D eigenvalue weighted by Crippen LogP contribution is -2.25. The van der Waals surface area contributed by atoms with Crippen LogP contribution in [0.15, 0.2) is 58.6 Å². The van der Waals surface area contributed by atoms with E-state index in [4.69, 9.17) is 4.74 Å². The van der Waals surface area contributed by atoms with Crippen molar-refractivity contribution in [2.24, 2.45) is 7.05 Å². The predicted molar refractivity (Wildman–Crippen MR) is 125 cm³/mol. The summed E-state index contributed by atoms with van der Waals surface area (Å²) in [4.78, 5) is 13.0. The molecule has 0 bridgehead atoms. The van der Waals surface area contributed by atoms with Gasteiger partial charge in [-0.2, -0.15) is 0 Å². The van der Waals surface area contributed by atoms with Gasteiger partial charge in [0.1, 0.15) is 17.3 Å². The van der Waals surface area contributed by atoms with Crippen molar-refractivity contribution in [3.8, 4) is 5.75 Å². The second kappa shape index (κ2) is 10.2. The van der Waals surface area contributed by atoms with Crippen LogP contribution in [0.4, 0.5) is 5.69 Å². The molecule has 2 aromatic carbocycles. The topological polar surface area (TPSA) is 103 Å². The number of aromatic nitrogens is 3. The van der Waals surface area contributed by atoms with Crippen molar-refractivity contribution in [1.29, 1.82) is 0 Å². The summed E-state index contributed by atoms with van der Waals surface area (Å²) in [5, 5.41) is 11.1. The summed E-state index contributed by atoms with van der Waals surface area (Å²) >= 11 is 1.25. The fraction of sp³-hybridized carbons (Fsp3) is 0.318. The predicted octanol–water partition coefficient (Wildman–Crippen LogP) is 3.62. The third-order valence-electron chi connectivity index (χ3n) is 4.89. The van der Waals surface area contributed by atoms with E-state index in [9.17, 15) is 13.2 Å². The van der Waals surface area contributed by atoms with Gasteiger partial charge in [-0.25, -0.2) is 8.42 Å². The van der Waals surface area contributed by atoms with Gasteiger partial charge in [-0.15, -0.1) is 10.2 Å². The summed E-state index contributed by atoms with van der Waals surface area (Å²) in [7, 11) is -0.272. The average molecular weight is 475 g/mol. The molecule has 1 aromatic heterocycles. The van der Waals surface area contributed by atoms with Crippen LogP contribution in [0.25, 0.3) is 0 Å². The van der Waals surface area contributed by atoms with Gasteiger partial charge in [0, 0.05) is 12.7 Å². The molecule has 0 fully saturated rings. The number of carbonyl (C=O) groups is 1. The molecule has 0 aliphatic rings. The minimum absolute atomic E-state index is 0.167. The van der Waals surface area contributed by atoms with Gasteiger partial charge in [-0.05, 0) is 49.7 Å². The fourth-order valence-electron chi connectivity index (χ4n) is 2.92. The Morgan fingerprint density at radius 3 is 2.38 bits per heavy atom. The Labute approximate surface area is 192 Å². The largest absolute Gasteiger partial charge is 0.497 e. The van der Waals surface area contributed by atoms with Crippen molar-refractivity contribution in [3.63, 3.8) is 0 Å². The Kier molecular flexibility index (Phi) is 7.57. The normalized spacial score (nSPS) is 12.4. The van der Waals surface area contributed by atoms with Crippen LogP contribution in [0.1, 0.15) is 24.7 Å². The van der Waals surface area contributed by atoms with Gasteiger partial charge < -0.3 is 14.6 Å². The number of thioether (sulfide) groups is 1. The lowest BCUT2D eigenvalue weighted by atomic mass is 10.2. The zero-order chi connectivity index (χ0) is 23.3. The molecule has 3 rings (SSSR count). The van der Waals surface area contributed by atoms with E-state index in [1.165, 1.54) is 11.8 Å². The molecular weight excluding hydrogens is 448 g/mol. The highest BCUT2D eigenvalue weighted by molar-refractivity contribution is 8.00. The number of hydrogen-bond acceptors (Lipinski definition) is 7. The van der Waals surface area contributed by atoms with Crippen LogP contribution in [0.3, 0.4) is 0 Å². The van der Waals surface area contributed by atoms with Crippen LogP contribution in [0.2, 0.25) is 0 Å². The van der Waals surface area contributed by atoms with Crippen molar-refractivity contribution in [2.45, 2.75) is 41.3 Å². The molecule has 1 unspecified atom stereocenters. The molecule has 170 valence electrons. The van der Waals surface area contributed by atoms with Crippen molar-refractivity contribution >= 4 is 33.2 Å².